The van der Waals surface area contributed by atoms with E-state index in [4.69, 9.17) is 4.84 Å². The lowest BCUT2D eigenvalue weighted by Gasteiger charge is -2.60. The average Bonchev–Trinajstić information content (AvgIpc) is 2.96. The van der Waals surface area contributed by atoms with Gasteiger partial charge in [-0.25, -0.2) is 0 Å². The van der Waals surface area contributed by atoms with Crippen LogP contribution in [0.3, 0.4) is 0 Å². The molecule has 0 unspecified atom stereocenters. The molecule has 0 bridgehead atoms. The molecular weight excluding hydrogens is 372 g/mol. The largest absolute Gasteiger partial charge is 0.394 e. The standard InChI is InChI=1S/C23H40N2O2.ClH/c1-22-11-9-17(26)15-16(22)5-6-18-19-7-8-21(24-27-14-13-25(3)4)23(19,2)12-10-20(18)22;/h16-20,26H,5-15H2,1-4H3;1H/t16-,17+,18-,19-,20-,22-,23-;/m0./s1. The van der Waals surface area contributed by atoms with Crippen LogP contribution < -0.4 is 0 Å². The first kappa shape index (κ1) is 22.4. The molecule has 4 rings (SSSR count). The zero-order valence-corrected chi connectivity index (χ0v) is 19.1. The summed E-state index contributed by atoms with van der Waals surface area (Å²) in [6.07, 6.45) is 11.0. The molecular formula is C23H41ClN2O2. The Bertz CT molecular complexity index is 583. The van der Waals surface area contributed by atoms with Gasteiger partial charge in [0.05, 0.1) is 11.8 Å². The third-order valence-corrected chi connectivity index (χ3v) is 9.18. The second kappa shape index (κ2) is 8.43. The van der Waals surface area contributed by atoms with E-state index in [1.807, 2.05) is 0 Å². The topological polar surface area (TPSA) is 45.1 Å². The van der Waals surface area contributed by atoms with Gasteiger partial charge in [-0.1, -0.05) is 19.0 Å². The average molecular weight is 413 g/mol. The second-order valence-electron chi connectivity index (χ2n) is 10.8. The zero-order valence-electron chi connectivity index (χ0n) is 18.3. The predicted octanol–water partition coefficient (Wildman–Crippen LogP) is 4.75. The molecule has 28 heavy (non-hydrogen) atoms. The van der Waals surface area contributed by atoms with E-state index in [0.29, 0.717) is 12.0 Å². The Hall–Kier alpha value is -0.320. The molecule has 4 saturated carbocycles. The first-order valence-corrected chi connectivity index (χ1v) is 11.4. The number of halogens is 1. The van der Waals surface area contributed by atoms with E-state index in [-0.39, 0.29) is 23.9 Å². The van der Waals surface area contributed by atoms with Crippen molar-refractivity contribution in [1.29, 1.82) is 0 Å². The van der Waals surface area contributed by atoms with Crippen LogP contribution in [0, 0.1) is 34.5 Å². The SMILES string of the molecule is CN(C)CCON=C1CC[C@H]2[C@@H]3CC[C@H]4C[C@H](O)CC[C@]4(C)[C@H]3CC[C@]12C.Cl. The minimum absolute atomic E-state index is 0. The molecule has 5 heteroatoms. The quantitative estimate of drug-likeness (QED) is 0.535. The molecule has 0 saturated heterocycles. The van der Waals surface area contributed by atoms with E-state index in [2.05, 4.69) is 38.0 Å². The summed E-state index contributed by atoms with van der Waals surface area (Å²) in [7, 11) is 4.15. The normalized spacial score (nSPS) is 46.5. The van der Waals surface area contributed by atoms with Crippen molar-refractivity contribution in [3.8, 4) is 0 Å². The molecule has 0 aromatic carbocycles. The van der Waals surface area contributed by atoms with E-state index < -0.39 is 0 Å². The smallest absolute Gasteiger partial charge is 0.129 e. The summed E-state index contributed by atoms with van der Waals surface area (Å²) < 4.78 is 0. The maximum atomic E-state index is 10.2. The van der Waals surface area contributed by atoms with Crippen LogP contribution in [0.4, 0.5) is 0 Å². The van der Waals surface area contributed by atoms with Gasteiger partial charge in [0.1, 0.15) is 6.61 Å². The molecule has 0 amide bonds. The molecule has 4 aliphatic rings. The highest BCUT2D eigenvalue weighted by atomic mass is 35.5. The molecule has 162 valence electrons. The number of fused-ring (bicyclic) bond motifs is 5. The summed E-state index contributed by atoms with van der Waals surface area (Å²) >= 11 is 0. The van der Waals surface area contributed by atoms with Crippen molar-refractivity contribution in [3.63, 3.8) is 0 Å². The molecule has 0 spiro atoms. The number of aliphatic hydroxyl groups excluding tert-OH is 1. The van der Waals surface area contributed by atoms with E-state index in [0.717, 1.165) is 49.5 Å². The Morgan fingerprint density at radius 1 is 1.07 bits per heavy atom. The van der Waals surface area contributed by atoms with Crippen molar-refractivity contribution in [2.24, 2.45) is 39.7 Å². The van der Waals surface area contributed by atoms with Gasteiger partial charge in [0.25, 0.3) is 0 Å². The summed E-state index contributed by atoms with van der Waals surface area (Å²) in [6.45, 7) is 6.66. The number of aliphatic hydroxyl groups is 1. The van der Waals surface area contributed by atoms with Crippen LogP contribution in [0.15, 0.2) is 5.16 Å². The van der Waals surface area contributed by atoms with Gasteiger partial charge in [-0.05, 0) is 101 Å². The van der Waals surface area contributed by atoms with E-state index in [9.17, 15) is 5.11 Å². The zero-order chi connectivity index (χ0) is 19.2. The van der Waals surface area contributed by atoms with Crippen LogP contribution in [0.2, 0.25) is 0 Å². The highest BCUT2D eigenvalue weighted by Gasteiger charge is 2.59. The molecule has 4 aliphatic carbocycles. The Labute approximate surface area is 177 Å². The summed E-state index contributed by atoms with van der Waals surface area (Å²) in [5, 5.41) is 14.8. The van der Waals surface area contributed by atoms with Gasteiger partial charge in [-0.2, -0.15) is 0 Å². The number of oxime groups is 1. The number of rotatable bonds is 4. The van der Waals surface area contributed by atoms with Crippen molar-refractivity contribution >= 4 is 18.1 Å². The minimum atomic E-state index is -0.0435. The molecule has 0 radical (unpaired) electrons. The molecule has 4 nitrogen and oxygen atoms in total. The van der Waals surface area contributed by atoms with Crippen molar-refractivity contribution in [2.45, 2.75) is 77.7 Å². The van der Waals surface area contributed by atoms with Crippen LogP contribution in [0.5, 0.6) is 0 Å². The number of nitrogens with zero attached hydrogens (tertiary/aromatic N) is 2. The van der Waals surface area contributed by atoms with Crippen molar-refractivity contribution in [1.82, 2.24) is 4.90 Å². The Morgan fingerprint density at radius 2 is 1.86 bits per heavy atom. The summed E-state index contributed by atoms with van der Waals surface area (Å²) in [6, 6.07) is 0. The third-order valence-electron chi connectivity index (χ3n) is 9.18. The summed E-state index contributed by atoms with van der Waals surface area (Å²) in [4.78, 5) is 7.86. The van der Waals surface area contributed by atoms with Gasteiger partial charge < -0.3 is 14.8 Å². The fourth-order valence-corrected chi connectivity index (χ4v) is 7.52. The second-order valence-corrected chi connectivity index (χ2v) is 10.8. The lowest BCUT2D eigenvalue weighted by Crippen LogP contribution is -2.54. The van der Waals surface area contributed by atoms with Gasteiger partial charge in [-0.3, -0.25) is 0 Å². The van der Waals surface area contributed by atoms with Crippen LogP contribution in [-0.4, -0.2) is 49.1 Å². The van der Waals surface area contributed by atoms with Gasteiger partial charge in [0.15, 0.2) is 0 Å². The maximum absolute atomic E-state index is 10.2. The van der Waals surface area contributed by atoms with Crippen LogP contribution in [-0.2, 0) is 4.84 Å². The van der Waals surface area contributed by atoms with Crippen LogP contribution >= 0.6 is 12.4 Å². The molecule has 0 aromatic heterocycles. The predicted molar refractivity (Wildman–Crippen MR) is 117 cm³/mol. The van der Waals surface area contributed by atoms with E-state index in [1.54, 1.807) is 0 Å². The Morgan fingerprint density at radius 3 is 2.61 bits per heavy atom. The lowest BCUT2D eigenvalue weighted by atomic mass is 9.45. The molecule has 7 atom stereocenters. The van der Waals surface area contributed by atoms with E-state index in [1.165, 1.54) is 44.2 Å². The Kier molecular flexibility index (Phi) is 6.74. The highest BCUT2D eigenvalue weighted by Crippen LogP contribution is 2.65. The third kappa shape index (κ3) is 3.74. The first-order chi connectivity index (χ1) is 12.8. The molecule has 0 heterocycles. The van der Waals surface area contributed by atoms with Crippen molar-refractivity contribution < 1.29 is 9.94 Å². The minimum Gasteiger partial charge on any atom is -0.394 e. The van der Waals surface area contributed by atoms with Crippen molar-refractivity contribution in [2.75, 3.05) is 27.2 Å². The molecule has 0 aromatic rings. The van der Waals surface area contributed by atoms with Gasteiger partial charge in [-0.15, -0.1) is 12.4 Å². The molecule has 1 N–H and O–H groups in total. The lowest BCUT2D eigenvalue weighted by molar-refractivity contribution is -0.114. The number of hydrogen-bond acceptors (Lipinski definition) is 4. The summed E-state index contributed by atoms with van der Waals surface area (Å²) in [5.41, 5.74) is 2.07. The van der Waals surface area contributed by atoms with Crippen LogP contribution in [0.1, 0.15) is 71.6 Å². The summed E-state index contributed by atoms with van der Waals surface area (Å²) in [5.74, 6) is 3.25. The maximum Gasteiger partial charge on any atom is 0.129 e. The highest BCUT2D eigenvalue weighted by molar-refractivity contribution is 5.92. The van der Waals surface area contributed by atoms with Gasteiger partial charge in [0, 0.05) is 12.0 Å². The number of hydrogen-bond donors (Lipinski definition) is 1. The van der Waals surface area contributed by atoms with Gasteiger partial charge >= 0.3 is 0 Å². The van der Waals surface area contributed by atoms with Crippen molar-refractivity contribution in [3.05, 3.63) is 0 Å². The number of likely N-dealkylation sites (N-methyl/N-ethyl adjacent to an activating group) is 1. The van der Waals surface area contributed by atoms with Gasteiger partial charge in [0.2, 0.25) is 0 Å². The Balaban J connectivity index is 0.00000225. The fourth-order valence-electron chi connectivity index (χ4n) is 7.52. The van der Waals surface area contributed by atoms with E-state index >= 15 is 0 Å². The fraction of sp³-hybridized carbons (Fsp3) is 0.957. The monoisotopic (exact) mass is 412 g/mol. The molecule has 0 aliphatic heterocycles. The molecule has 4 fully saturated rings. The first-order valence-electron chi connectivity index (χ1n) is 11.4. The van der Waals surface area contributed by atoms with Crippen LogP contribution in [0.25, 0.3) is 0 Å².